The van der Waals surface area contributed by atoms with Crippen LogP contribution in [0.15, 0.2) is 0 Å². The second kappa shape index (κ2) is 12.3. The standard InChI is InChI=1S/C18H40N2O2/c1-15(2)19(16(3)4)9-11-21-13-14-22-12-10-20(17(5)6)18(7)8/h15-18H,9-14H2,1-8H3. The van der Waals surface area contributed by atoms with Crippen molar-refractivity contribution in [3.05, 3.63) is 0 Å². The van der Waals surface area contributed by atoms with Crippen LogP contribution in [0, 0.1) is 0 Å². The maximum absolute atomic E-state index is 5.69. The summed E-state index contributed by atoms with van der Waals surface area (Å²) in [5, 5.41) is 0. The summed E-state index contributed by atoms with van der Waals surface area (Å²) in [6.07, 6.45) is 0. The number of ether oxygens (including phenoxy) is 2. The van der Waals surface area contributed by atoms with Crippen molar-refractivity contribution in [2.75, 3.05) is 39.5 Å². The van der Waals surface area contributed by atoms with Crippen LogP contribution < -0.4 is 0 Å². The van der Waals surface area contributed by atoms with Gasteiger partial charge >= 0.3 is 0 Å². The van der Waals surface area contributed by atoms with E-state index in [1.807, 2.05) is 0 Å². The second-order valence-corrected chi connectivity index (χ2v) is 7.08. The Bertz CT molecular complexity index is 213. The lowest BCUT2D eigenvalue weighted by atomic mass is 10.2. The molecule has 0 saturated heterocycles. The van der Waals surface area contributed by atoms with Crippen LogP contribution in [0.25, 0.3) is 0 Å². The molecule has 0 unspecified atom stereocenters. The highest BCUT2D eigenvalue weighted by Crippen LogP contribution is 2.05. The first-order valence-electron chi connectivity index (χ1n) is 8.94. The Morgan fingerprint density at radius 2 is 0.773 bits per heavy atom. The van der Waals surface area contributed by atoms with Gasteiger partial charge in [-0.25, -0.2) is 0 Å². The zero-order chi connectivity index (χ0) is 17.1. The molecule has 0 aromatic rings. The van der Waals surface area contributed by atoms with Gasteiger partial charge in [0.2, 0.25) is 0 Å². The fourth-order valence-electron chi connectivity index (χ4n) is 2.89. The number of hydrogen-bond acceptors (Lipinski definition) is 4. The molecular weight excluding hydrogens is 276 g/mol. The van der Waals surface area contributed by atoms with E-state index in [-0.39, 0.29) is 0 Å². The first-order chi connectivity index (χ1) is 10.3. The maximum Gasteiger partial charge on any atom is 0.0701 e. The van der Waals surface area contributed by atoms with Gasteiger partial charge < -0.3 is 9.47 Å². The molecule has 0 aromatic carbocycles. The number of nitrogens with zero attached hydrogens (tertiary/aromatic N) is 2. The predicted octanol–water partition coefficient (Wildman–Crippen LogP) is 3.26. The fourth-order valence-corrected chi connectivity index (χ4v) is 2.89. The van der Waals surface area contributed by atoms with Crippen molar-refractivity contribution in [3.63, 3.8) is 0 Å². The van der Waals surface area contributed by atoms with Gasteiger partial charge in [-0.1, -0.05) is 0 Å². The molecule has 0 aliphatic heterocycles. The van der Waals surface area contributed by atoms with Gasteiger partial charge in [0.1, 0.15) is 0 Å². The lowest BCUT2D eigenvalue weighted by Crippen LogP contribution is -2.39. The smallest absolute Gasteiger partial charge is 0.0701 e. The van der Waals surface area contributed by atoms with Crippen LogP contribution in [0.4, 0.5) is 0 Å². The van der Waals surface area contributed by atoms with E-state index < -0.39 is 0 Å². The Balaban J connectivity index is 3.62. The highest BCUT2D eigenvalue weighted by atomic mass is 16.5. The van der Waals surface area contributed by atoms with E-state index in [1.54, 1.807) is 0 Å². The molecule has 0 fully saturated rings. The molecule has 0 N–H and O–H groups in total. The summed E-state index contributed by atoms with van der Waals surface area (Å²) >= 11 is 0. The Hall–Kier alpha value is -0.160. The van der Waals surface area contributed by atoms with Gasteiger partial charge in [0.05, 0.1) is 26.4 Å². The molecule has 0 saturated carbocycles. The van der Waals surface area contributed by atoms with Gasteiger partial charge in [0.15, 0.2) is 0 Å². The monoisotopic (exact) mass is 316 g/mol. The third-order valence-corrected chi connectivity index (χ3v) is 4.01. The zero-order valence-corrected chi connectivity index (χ0v) is 16.3. The molecular formula is C18H40N2O2. The molecule has 22 heavy (non-hydrogen) atoms. The van der Waals surface area contributed by atoms with Crippen LogP contribution in [0.2, 0.25) is 0 Å². The first kappa shape index (κ1) is 21.8. The van der Waals surface area contributed by atoms with Crippen LogP contribution >= 0.6 is 0 Å². The molecule has 0 aromatic heterocycles. The topological polar surface area (TPSA) is 24.9 Å². The average Bonchev–Trinajstić information content (AvgIpc) is 2.38. The minimum Gasteiger partial charge on any atom is -0.378 e. The Labute approximate surface area is 139 Å². The maximum atomic E-state index is 5.69. The highest BCUT2D eigenvalue weighted by molar-refractivity contribution is 4.67. The van der Waals surface area contributed by atoms with Crippen molar-refractivity contribution >= 4 is 0 Å². The molecule has 0 heterocycles. The predicted molar refractivity (Wildman–Crippen MR) is 95.6 cm³/mol. The van der Waals surface area contributed by atoms with E-state index in [1.165, 1.54) is 0 Å². The van der Waals surface area contributed by atoms with E-state index >= 15 is 0 Å². The summed E-state index contributed by atoms with van der Waals surface area (Å²) in [5.74, 6) is 0. The molecule has 0 aliphatic rings. The van der Waals surface area contributed by atoms with Crippen LogP contribution in [-0.4, -0.2) is 73.5 Å². The molecule has 134 valence electrons. The van der Waals surface area contributed by atoms with E-state index in [0.717, 1.165) is 26.3 Å². The quantitative estimate of drug-likeness (QED) is 0.487. The van der Waals surface area contributed by atoms with Gasteiger partial charge in [-0.3, -0.25) is 9.80 Å². The lowest BCUT2D eigenvalue weighted by molar-refractivity contribution is 0.0192. The molecule has 0 atom stereocenters. The molecule has 0 aliphatic carbocycles. The third-order valence-electron chi connectivity index (χ3n) is 4.01. The Kier molecular flexibility index (Phi) is 12.2. The van der Waals surface area contributed by atoms with Crippen LogP contribution in [0.5, 0.6) is 0 Å². The van der Waals surface area contributed by atoms with Gasteiger partial charge in [-0.05, 0) is 55.4 Å². The molecule has 0 spiro atoms. The fraction of sp³-hybridized carbons (Fsp3) is 1.00. The third kappa shape index (κ3) is 9.78. The van der Waals surface area contributed by atoms with Gasteiger partial charge in [0, 0.05) is 37.3 Å². The highest BCUT2D eigenvalue weighted by Gasteiger charge is 2.13. The summed E-state index contributed by atoms with van der Waals surface area (Å²) in [4.78, 5) is 4.90. The van der Waals surface area contributed by atoms with E-state index in [4.69, 9.17) is 9.47 Å². The van der Waals surface area contributed by atoms with Gasteiger partial charge in [-0.15, -0.1) is 0 Å². The van der Waals surface area contributed by atoms with Crippen LogP contribution in [0.1, 0.15) is 55.4 Å². The van der Waals surface area contributed by atoms with Crippen LogP contribution in [-0.2, 0) is 9.47 Å². The summed E-state index contributed by atoms with van der Waals surface area (Å²) in [6.45, 7) is 22.8. The number of hydrogen-bond donors (Lipinski definition) is 0. The van der Waals surface area contributed by atoms with Crippen molar-refractivity contribution in [1.29, 1.82) is 0 Å². The molecule has 0 rings (SSSR count). The van der Waals surface area contributed by atoms with E-state index in [0.29, 0.717) is 37.4 Å². The zero-order valence-electron chi connectivity index (χ0n) is 16.3. The second-order valence-electron chi connectivity index (χ2n) is 7.08. The molecule has 4 nitrogen and oxygen atoms in total. The van der Waals surface area contributed by atoms with Crippen LogP contribution in [0.3, 0.4) is 0 Å². The van der Waals surface area contributed by atoms with Gasteiger partial charge in [0.25, 0.3) is 0 Å². The summed E-state index contributed by atoms with van der Waals surface area (Å²) in [7, 11) is 0. The van der Waals surface area contributed by atoms with Crippen molar-refractivity contribution in [2.24, 2.45) is 0 Å². The summed E-state index contributed by atoms with van der Waals surface area (Å²) in [5.41, 5.74) is 0. The lowest BCUT2D eigenvalue weighted by Gasteiger charge is -2.30. The summed E-state index contributed by atoms with van der Waals surface area (Å²) < 4.78 is 11.4. The average molecular weight is 317 g/mol. The normalized spacial score (nSPS) is 12.8. The van der Waals surface area contributed by atoms with E-state index in [2.05, 4.69) is 65.2 Å². The Morgan fingerprint density at radius 1 is 0.500 bits per heavy atom. The minimum atomic E-state index is 0.567. The van der Waals surface area contributed by atoms with Gasteiger partial charge in [-0.2, -0.15) is 0 Å². The summed E-state index contributed by atoms with van der Waals surface area (Å²) in [6, 6.07) is 2.27. The first-order valence-corrected chi connectivity index (χ1v) is 8.94. The SMILES string of the molecule is CC(C)N(CCOCCOCCN(C(C)C)C(C)C)C(C)C. The largest absolute Gasteiger partial charge is 0.378 e. The number of rotatable bonds is 13. The van der Waals surface area contributed by atoms with Crippen molar-refractivity contribution < 1.29 is 9.47 Å². The molecule has 4 heteroatoms. The van der Waals surface area contributed by atoms with Crippen molar-refractivity contribution in [2.45, 2.75) is 79.6 Å². The molecule has 0 bridgehead atoms. The minimum absolute atomic E-state index is 0.567. The van der Waals surface area contributed by atoms with Crippen molar-refractivity contribution in [1.82, 2.24) is 9.80 Å². The Morgan fingerprint density at radius 3 is 1.00 bits per heavy atom. The molecule has 0 amide bonds. The van der Waals surface area contributed by atoms with Crippen molar-refractivity contribution in [3.8, 4) is 0 Å². The van der Waals surface area contributed by atoms with E-state index in [9.17, 15) is 0 Å². The molecule has 0 radical (unpaired) electrons.